The summed E-state index contributed by atoms with van der Waals surface area (Å²) in [7, 11) is 0. The number of carbonyl (C=O) groups excluding carboxylic acids is 2. The van der Waals surface area contributed by atoms with Crippen LogP contribution in [0.25, 0.3) is 5.57 Å². The third-order valence-electron chi connectivity index (χ3n) is 5.52. The molecular weight excluding hydrogens is 384 g/mol. The fraction of sp³-hybridized carbons (Fsp3) is 0.185. The van der Waals surface area contributed by atoms with Gasteiger partial charge in [-0.15, -0.1) is 0 Å². The smallest absolute Gasteiger partial charge is 0.282 e. The number of anilines is 2. The number of nitrogens with one attached hydrogen (secondary N) is 1. The van der Waals surface area contributed by atoms with Crippen molar-refractivity contribution in [1.82, 2.24) is 0 Å². The van der Waals surface area contributed by atoms with E-state index in [1.54, 1.807) is 0 Å². The lowest BCUT2D eigenvalue weighted by Crippen LogP contribution is -2.32. The van der Waals surface area contributed by atoms with Crippen LogP contribution in [-0.4, -0.2) is 11.8 Å². The lowest BCUT2D eigenvalue weighted by Gasteiger charge is -2.16. The Morgan fingerprint density at radius 3 is 1.87 bits per heavy atom. The molecule has 0 fully saturated rings. The Morgan fingerprint density at radius 2 is 1.26 bits per heavy atom. The first-order chi connectivity index (χ1) is 14.7. The first kappa shape index (κ1) is 20.6. The van der Waals surface area contributed by atoms with E-state index in [9.17, 15) is 9.59 Å². The Labute approximate surface area is 183 Å². The maximum atomic E-state index is 13.6. The van der Waals surface area contributed by atoms with Crippen LogP contribution in [0, 0.1) is 34.6 Å². The summed E-state index contributed by atoms with van der Waals surface area (Å²) < 4.78 is 0. The Hall–Kier alpha value is -3.66. The molecule has 156 valence electrons. The van der Waals surface area contributed by atoms with Gasteiger partial charge in [0.1, 0.15) is 5.70 Å². The topological polar surface area (TPSA) is 49.4 Å². The van der Waals surface area contributed by atoms with Gasteiger partial charge in [0.05, 0.1) is 11.3 Å². The number of nitrogens with zero attached hydrogens (tertiary/aromatic N) is 1. The summed E-state index contributed by atoms with van der Waals surface area (Å²) in [6.07, 6.45) is 0. The summed E-state index contributed by atoms with van der Waals surface area (Å²) in [6, 6.07) is 19.4. The van der Waals surface area contributed by atoms with E-state index in [-0.39, 0.29) is 11.8 Å². The quantitative estimate of drug-likeness (QED) is 0.568. The summed E-state index contributed by atoms with van der Waals surface area (Å²) in [5, 5.41) is 3.27. The van der Waals surface area contributed by atoms with Crippen LogP contribution in [0.3, 0.4) is 0 Å². The van der Waals surface area contributed by atoms with E-state index in [4.69, 9.17) is 0 Å². The zero-order valence-corrected chi connectivity index (χ0v) is 18.5. The van der Waals surface area contributed by atoms with Gasteiger partial charge in [0.15, 0.2) is 0 Å². The van der Waals surface area contributed by atoms with Crippen molar-refractivity contribution in [2.24, 2.45) is 0 Å². The Bertz CT molecular complexity index is 1220. The molecule has 4 heteroatoms. The van der Waals surface area contributed by atoms with E-state index in [1.807, 2.05) is 89.2 Å². The number of rotatable bonds is 4. The van der Waals surface area contributed by atoms with Gasteiger partial charge in [-0.1, -0.05) is 47.5 Å². The minimum atomic E-state index is -0.344. The van der Waals surface area contributed by atoms with Crippen LogP contribution in [0.1, 0.15) is 33.4 Å². The maximum Gasteiger partial charge on any atom is 0.282 e. The van der Waals surface area contributed by atoms with Gasteiger partial charge in [0.2, 0.25) is 0 Å². The van der Waals surface area contributed by atoms with E-state index >= 15 is 0 Å². The molecule has 0 spiro atoms. The first-order valence-electron chi connectivity index (χ1n) is 10.4. The van der Waals surface area contributed by atoms with E-state index < -0.39 is 0 Å². The zero-order valence-electron chi connectivity index (χ0n) is 18.5. The zero-order chi connectivity index (χ0) is 22.3. The van der Waals surface area contributed by atoms with Crippen LogP contribution in [0.5, 0.6) is 0 Å². The van der Waals surface area contributed by atoms with Gasteiger partial charge in [-0.3, -0.25) is 9.59 Å². The third-order valence-corrected chi connectivity index (χ3v) is 5.52. The molecule has 0 bridgehead atoms. The molecule has 0 aromatic heterocycles. The molecule has 1 N–H and O–H groups in total. The second-order valence-corrected chi connectivity index (χ2v) is 8.35. The molecule has 0 saturated heterocycles. The molecule has 0 unspecified atom stereocenters. The average Bonchev–Trinajstić information content (AvgIpc) is 2.92. The molecule has 1 heterocycles. The van der Waals surface area contributed by atoms with Crippen molar-refractivity contribution in [3.63, 3.8) is 0 Å². The monoisotopic (exact) mass is 410 g/mol. The second kappa shape index (κ2) is 7.88. The number of hydrogen-bond acceptors (Lipinski definition) is 3. The van der Waals surface area contributed by atoms with Gasteiger partial charge < -0.3 is 5.32 Å². The predicted octanol–water partition coefficient (Wildman–Crippen LogP) is 5.63. The SMILES string of the molecule is Cc1ccc(N2C(=O)C(Nc3cc(C)cc(C)c3)=C(c3ccc(C)cc3C)C2=O)cc1. The summed E-state index contributed by atoms with van der Waals surface area (Å²) in [5.41, 5.74) is 8.15. The number of hydrogen-bond donors (Lipinski definition) is 1. The van der Waals surface area contributed by atoms with Gasteiger partial charge in [-0.05, 0) is 81.1 Å². The normalized spacial score (nSPS) is 13.9. The molecule has 3 aromatic rings. The van der Waals surface area contributed by atoms with Gasteiger partial charge >= 0.3 is 0 Å². The standard InChI is InChI=1S/C27H26N2O2/c1-16-6-9-22(10-7-16)29-26(30)24(23-11-8-17(2)13-20(23)5)25(27(29)31)28-21-14-18(3)12-19(4)15-21/h6-15,28H,1-5H3. The van der Waals surface area contributed by atoms with Crippen molar-refractivity contribution in [3.8, 4) is 0 Å². The van der Waals surface area contributed by atoms with Crippen molar-refractivity contribution in [2.45, 2.75) is 34.6 Å². The van der Waals surface area contributed by atoms with Gasteiger partial charge in [0, 0.05) is 5.69 Å². The third kappa shape index (κ3) is 3.89. The van der Waals surface area contributed by atoms with Crippen LogP contribution >= 0.6 is 0 Å². The molecule has 31 heavy (non-hydrogen) atoms. The van der Waals surface area contributed by atoms with Gasteiger partial charge in [-0.25, -0.2) is 4.90 Å². The molecule has 3 aromatic carbocycles. The second-order valence-electron chi connectivity index (χ2n) is 8.35. The fourth-order valence-corrected chi connectivity index (χ4v) is 4.11. The van der Waals surface area contributed by atoms with Crippen molar-refractivity contribution in [1.29, 1.82) is 0 Å². The largest absolute Gasteiger partial charge is 0.350 e. The molecule has 1 aliphatic rings. The van der Waals surface area contributed by atoms with Crippen LogP contribution in [0.4, 0.5) is 11.4 Å². The number of imide groups is 1. The summed E-state index contributed by atoms with van der Waals surface area (Å²) >= 11 is 0. The Balaban J connectivity index is 1.87. The van der Waals surface area contributed by atoms with Crippen LogP contribution in [0.2, 0.25) is 0 Å². The molecule has 0 radical (unpaired) electrons. The Kier molecular flexibility index (Phi) is 5.24. The predicted molar refractivity (Wildman–Crippen MR) is 126 cm³/mol. The minimum absolute atomic E-state index is 0.308. The highest BCUT2D eigenvalue weighted by Gasteiger charge is 2.40. The molecule has 0 saturated carbocycles. The van der Waals surface area contributed by atoms with Crippen molar-refractivity contribution < 1.29 is 9.59 Å². The van der Waals surface area contributed by atoms with Crippen LogP contribution < -0.4 is 10.2 Å². The minimum Gasteiger partial charge on any atom is -0.350 e. The molecule has 2 amide bonds. The number of amides is 2. The molecular formula is C27H26N2O2. The summed E-state index contributed by atoms with van der Waals surface area (Å²) in [6.45, 7) is 9.98. The highest BCUT2D eigenvalue weighted by atomic mass is 16.2. The molecule has 0 atom stereocenters. The maximum absolute atomic E-state index is 13.6. The van der Waals surface area contributed by atoms with Crippen molar-refractivity contribution >= 4 is 28.8 Å². The first-order valence-corrected chi connectivity index (χ1v) is 10.4. The van der Waals surface area contributed by atoms with E-state index in [0.717, 1.165) is 39.1 Å². The summed E-state index contributed by atoms with van der Waals surface area (Å²) in [4.78, 5) is 28.4. The van der Waals surface area contributed by atoms with Crippen LogP contribution in [-0.2, 0) is 9.59 Å². The average molecular weight is 411 g/mol. The summed E-state index contributed by atoms with van der Waals surface area (Å²) in [5.74, 6) is -0.657. The molecule has 4 rings (SSSR count). The lowest BCUT2D eigenvalue weighted by atomic mass is 9.97. The van der Waals surface area contributed by atoms with Crippen LogP contribution in [0.15, 0.2) is 66.4 Å². The van der Waals surface area contributed by atoms with Crippen molar-refractivity contribution in [3.05, 3.63) is 99.7 Å². The number of carbonyl (C=O) groups is 2. The van der Waals surface area contributed by atoms with E-state index in [0.29, 0.717) is 17.0 Å². The fourth-order valence-electron chi connectivity index (χ4n) is 4.11. The Morgan fingerprint density at radius 1 is 0.645 bits per heavy atom. The van der Waals surface area contributed by atoms with Gasteiger partial charge in [-0.2, -0.15) is 0 Å². The molecule has 0 aliphatic carbocycles. The van der Waals surface area contributed by atoms with Crippen molar-refractivity contribution in [2.75, 3.05) is 10.2 Å². The molecule has 4 nitrogen and oxygen atoms in total. The van der Waals surface area contributed by atoms with Gasteiger partial charge in [0.25, 0.3) is 11.8 Å². The van der Waals surface area contributed by atoms with E-state index in [2.05, 4.69) is 11.4 Å². The number of aryl methyl sites for hydroxylation is 5. The highest BCUT2D eigenvalue weighted by Crippen LogP contribution is 2.35. The number of benzene rings is 3. The highest BCUT2D eigenvalue weighted by molar-refractivity contribution is 6.46. The lowest BCUT2D eigenvalue weighted by molar-refractivity contribution is -0.120. The molecule has 1 aliphatic heterocycles. The van der Waals surface area contributed by atoms with E-state index in [1.165, 1.54) is 4.90 Å².